The van der Waals surface area contributed by atoms with Gasteiger partial charge in [-0.3, -0.25) is 9.69 Å². The van der Waals surface area contributed by atoms with E-state index in [4.69, 9.17) is 9.47 Å². The summed E-state index contributed by atoms with van der Waals surface area (Å²) in [7, 11) is 3.03. The summed E-state index contributed by atoms with van der Waals surface area (Å²) in [5.41, 5.74) is 2.79. The summed E-state index contributed by atoms with van der Waals surface area (Å²) in [5, 5.41) is 3.02. The minimum atomic E-state index is -0.331. The van der Waals surface area contributed by atoms with E-state index < -0.39 is 0 Å². The van der Waals surface area contributed by atoms with Crippen molar-refractivity contribution in [2.45, 2.75) is 19.4 Å². The fourth-order valence-corrected chi connectivity index (χ4v) is 3.77. The van der Waals surface area contributed by atoms with Gasteiger partial charge in [-0.1, -0.05) is 12.1 Å². The van der Waals surface area contributed by atoms with Crippen LogP contribution in [0.3, 0.4) is 0 Å². The van der Waals surface area contributed by atoms with Crippen molar-refractivity contribution in [2.75, 3.05) is 51.8 Å². The quantitative estimate of drug-likeness (QED) is 0.655. The second kappa shape index (κ2) is 10.8. The number of esters is 1. The zero-order valence-electron chi connectivity index (χ0n) is 18.5. The number of anilines is 1. The van der Waals surface area contributed by atoms with E-state index in [1.165, 1.54) is 12.7 Å². The fourth-order valence-electron chi connectivity index (χ4n) is 3.77. The average molecular weight is 426 g/mol. The van der Waals surface area contributed by atoms with Crippen LogP contribution in [0.4, 0.5) is 5.69 Å². The second-order valence-electron chi connectivity index (χ2n) is 7.75. The van der Waals surface area contributed by atoms with E-state index in [1.807, 2.05) is 36.4 Å². The van der Waals surface area contributed by atoms with Crippen LogP contribution in [0.5, 0.6) is 5.75 Å². The van der Waals surface area contributed by atoms with Gasteiger partial charge in [0.2, 0.25) is 5.91 Å². The molecular formula is C24H31N3O4. The van der Waals surface area contributed by atoms with Gasteiger partial charge < -0.3 is 19.7 Å². The molecule has 2 aromatic rings. The van der Waals surface area contributed by atoms with Crippen molar-refractivity contribution in [1.82, 2.24) is 10.2 Å². The predicted molar refractivity (Wildman–Crippen MR) is 121 cm³/mol. The van der Waals surface area contributed by atoms with Crippen molar-refractivity contribution in [3.05, 3.63) is 59.7 Å². The molecule has 1 unspecified atom stereocenters. The van der Waals surface area contributed by atoms with Crippen LogP contribution in [0.15, 0.2) is 48.5 Å². The highest BCUT2D eigenvalue weighted by Crippen LogP contribution is 2.20. The van der Waals surface area contributed by atoms with Crippen LogP contribution in [0.1, 0.15) is 22.8 Å². The summed E-state index contributed by atoms with van der Waals surface area (Å²) in [4.78, 5) is 28.5. The number of amides is 1. The summed E-state index contributed by atoms with van der Waals surface area (Å²) < 4.78 is 9.91. The third kappa shape index (κ3) is 6.21. The van der Waals surface area contributed by atoms with Gasteiger partial charge in [0.1, 0.15) is 5.75 Å². The lowest BCUT2D eigenvalue weighted by Crippen LogP contribution is -2.54. The molecule has 7 nitrogen and oxygen atoms in total. The number of hydrogen-bond donors (Lipinski definition) is 1. The number of methoxy groups -OCH3 is 2. The SMILES string of the molecule is COC(=O)c1ccc(N2CCN(CC(=O)NCCc3ccc(OC)cc3)C(C)C2)cc1. The number of nitrogens with zero attached hydrogens (tertiary/aromatic N) is 2. The first-order valence-corrected chi connectivity index (χ1v) is 10.6. The first-order chi connectivity index (χ1) is 15.0. The van der Waals surface area contributed by atoms with Crippen molar-refractivity contribution in [3.8, 4) is 5.75 Å². The summed E-state index contributed by atoms with van der Waals surface area (Å²) >= 11 is 0. The van der Waals surface area contributed by atoms with Crippen LogP contribution in [-0.4, -0.2) is 69.8 Å². The van der Waals surface area contributed by atoms with Crippen LogP contribution >= 0.6 is 0 Å². The predicted octanol–water partition coefficient (Wildman–Crippen LogP) is 2.35. The van der Waals surface area contributed by atoms with Crippen LogP contribution in [0.25, 0.3) is 0 Å². The van der Waals surface area contributed by atoms with Crippen LogP contribution in [0.2, 0.25) is 0 Å². The van der Waals surface area contributed by atoms with E-state index in [1.54, 1.807) is 19.2 Å². The molecule has 166 valence electrons. The first kappa shape index (κ1) is 22.6. The molecule has 1 atom stereocenters. The van der Waals surface area contributed by atoms with E-state index in [-0.39, 0.29) is 17.9 Å². The van der Waals surface area contributed by atoms with Crippen molar-refractivity contribution in [3.63, 3.8) is 0 Å². The molecule has 7 heteroatoms. The summed E-state index contributed by atoms with van der Waals surface area (Å²) in [6, 6.07) is 15.6. The zero-order valence-corrected chi connectivity index (χ0v) is 18.5. The molecular weight excluding hydrogens is 394 g/mol. The van der Waals surface area contributed by atoms with Gasteiger partial charge in [0, 0.05) is 37.9 Å². The van der Waals surface area contributed by atoms with Gasteiger partial charge in [-0.15, -0.1) is 0 Å². The summed E-state index contributed by atoms with van der Waals surface area (Å²) in [6.45, 7) is 5.63. The Kier molecular flexibility index (Phi) is 7.89. The Morgan fingerprint density at radius 1 is 1.03 bits per heavy atom. The molecule has 0 radical (unpaired) electrons. The average Bonchev–Trinajstić information content (AvgIpc) is 2.80. The normalized spacial score (nSPS) is 16.6. The molecule has 1 saturated heterocycles. The van der Waals surface area contributed by atoms with Gasteiger partial charge in [-0.05, 0) is 55.3 Å². The number of rotatable bonds is 8. The molecule has 1 aliphatic rings. The van der Waals surface area contributed by atoms with Gasteiger partial charge in [0.05, 0.1) is 26.3 Å². The number of nitrogens with one attached hydrogen (secondary N) is 1. The standard InChI is InChI=1S/C24H31N3O4/c1-18-16-27(21-8-6-20(7-9-21)24(29)31-3)15-14-26(18)17-23(28)25-13-12-19-4-10-22(30-2)11-5-19/h4-11,18H,12-17H2,1-3H3,(H,25,28). The van der Waals surface area contributed by atoms with Gasteiger partial charge >= 0.3 is 5.97 Å². The lowest BCUT2D eigenvalue weighted by molar-refractivity contribution is -0.122. The molecule has 1 N–H and O–H groups in total. The van der Waals surface area contributed by atoms with Crippen molar-refractivity contribution < 1.29 is 19.1 Å². The minimum Gasteiger partial charge on any atom is -0.497 e. The number of ether oxygens (including phenoxy) is 2. The van der Waals surface area contributed by atoms with Crippen LogP contribution in [0, 0.1) is 0 Å². The van der Waals surface area contributed by atoms with Crippen LogP contribution in [-0.2, 0) is 16.0 Å². The summed E-state index contributed by atoms with van der Waals surface area (Å²) in [6.07, 6.45) is 0.792. The topological polar surface area (TPSA) is 71.1 Å². The van der Waals surface area contributed by atoms with Gasteiger partial charge in [0.15, 0.2) is 0 Å². The number of carbonyl (C=O) groups is 2. The lowest BCUT2D eigenvalue weighted by Gasteiger charge is -2.40. The second-order valence-corrected chi connectivity index (χ2v) is 7.75. The number of benzene rings is 2. The smallest absolute Gasteiger partial charge is 0.337 e. The molecule has 0 aliphatic carbocycles. The van der Waals surface area contributed by atoms with Crippen LogP contribution < -0.4 is 15.0 Å². The molecule has 0 spiro atoms. The summed E-state index contributed by atoms with van der Waals surface area (Å²) in [5.74, 6) is 0.555. The lowest BCUT2D eigenvalue weighted by atomic mass is 10.1. The zero-order chi connectivity index (χ0) is 22.2. The van der Waals surface area contributed by atoms with E-state index in [2.05, 4.69) is 22.0 Å². The Labute approximate surface area is 183 Å². The molecule has 3 rings (SSSR count). The molecule has 1 aliphatic heterocycles. The molecule has 2 aromatic carbocycles. The molecule has 1 amide bonds. The van der Waals surface area contributed by atoms with Crippen molar-refractivity contribution in [1.29, 1.82) is 0 Å². The van der Waals surface area contributed by atoms with Gasteiger partial charge in [-0.2, -0.15) is 0 Å². The molecule has 0 bridgehead atoms. The Balaban J connectivity index is 1.42. The Morgan fingerprint density at radius 2 is 1.74 bits per heavy atom. The molecule has 0 saturated carbocycles. The van der Waals surface area contributed by atoms with E-state index in [0.29, 0.717) is 18.7 Å². The first-order valence-electron chi connectivity index (χ1n) is 10.6. The largest absolute Gasteiger partial charge is 0.497 e. The number of hydrogen-bond acceptors (Lipinski definition) is 6. The highest BCUT2D eigenvalue weighted by atomic mass is 16.5. The third-order valence-corrected chi connectivity index (χ3v) is 5.66. The fraction of sp³-hybridized carbons (Fsp3) is 0.417. The molecule has 1 heterocycles. The Morgan fingerprint density at radius 3 is 2.35 bits per heavy atom. The monoisotopic (exact) mass is 425 g/mol. The van der Waals surface area contributed by atoms with Gasteiger partial charge in [-0.25, -0.2) is 4.79 Å². The van der Waals surface area contributed by atoms with Crippen molar-refractivity contribution in [2.24, 2.45) is 0 Å². The molecule has 0 aromatic heterocycles. The molecule has 1 fully saturated rings. The Bertz CT molecular complexity index is 867. The maximum absolute atomic E-state index is 12.4. The highest BCUT2D eigenvalue weighted by Gasteiger charge is 2.25. The maximum atomic E-state index is 12.4. The highest BCUT2D eigenvalue weighted by molar-refractivity contribution is 5.89. The van der Waals surface area contributed by atoms with E-state index in [9.17, 15) is 9.59 Å². The molecule has 31 heavy (non-hydrogen) atoms. The number of carbonyl (C=O) groups excluding carboxylic acids is 2. The van der Waals surface area contributed by atoms with Gasteiger partial charge in [0.25, 0.3) is 0 Å². The Hall–Kier alpha value is -3.06. The number of piperazine rings is 1. The van der Waals surface area contributed by atoms with Crippen molar-refractivity contribution >= 4 is 17.6 Å². The maximum Gasteiger partial charge on any atom is 0.337 e. The van der Waals surface area contributed by atoms with E-state index in [0.717, 1.165) is 37.5 Å². The minimum absolute atomic E-state index is 0.0521. The van der Waals surface area contributed by atoms with E-state index >= 15 is 0 Å². The third-order valence-electron chi connectivity index (χ3n) is 5.66.